The maximum absolute atomic E-state index is 11.2. The van der Waals surface area contributed by atoms with Gasteiger partial charge < -0.3 is 9.47 Å². The summed E-state index contributed by atoms with van der Waals surface area (Å²) in [5, 5.41) is 33.2. The second-order valence-electron chi connectivity index (χ2n) is 3.92. The Hall–Kier alpha value is -0.760. The third kappa shape index (κ3) is 6.13. The number of rotatable bonds is 6. The highest BCUT2D eigenvalue weighted by atomic mass is 35.5. The lowest BCUT2D eigenvalue weighted by molar-refractivity contribution is -0.535. The van der Waals surface area contributed by atoms with Gasteiger partial charge in [0.15, 0.2) is 5.56 Å². The van der Waals surface area contributed by atoms with Crippen molar-refractivity contribution in [3.63, 3.8) is 0 Å². The molecular formula is C8H15ClN2O9. The molecule has 1 unspecified atom stereocenters. The van der Waals surface area contributed by atoms with E-state index in [1.165, 1.54) is 6.92 Å². The number of carbonyl (C=O) groups excluding carboxylic acids is 1. The number of alkyl halides is 1. The predicted octanol–water partition coefficient (Wildman–Crippen LogP) is 0.648. The highest BCUT2D eigenvalue weighted by Crippen LogP contribution is 2.28. The normalized spacial score (nSPS) is 27.9. The van der Waals surface area contributed by atoms with Gasteiger partial charge in [-0.1, -0.05) is 11.6 Å². The third-order valence-corrected chi connectivity index (χ3v) is 2.48. The average molecular weight is 319 g/mol. The van der Waals surface area contributed by atoms with E-state index < -0.39 is 40.8 Å². The second kappa shape index (κ2) is 7.87. The van der Waals surface area contributed by atoms with Crippen molar-refractivity contribution in [1.29, 1.82) is 0 Å². The molecule has 20 heavy (non-hydrogen) atoms. The van der Waals surface area contributed by atoms with Crippen LogP contribution in [0.1, 0.15) is 19.8 Å². The van der Waals surface area contributed by atoms with Crippen molar-refractivity contribution in [2.45, 2.75) is 43.6 Å². The number of halogens is 1. The molecule has 12 heteroatoms. The van der Waals surface area contributed by atoms with E-state index in [1.807, 2.05) is 0 Å². The fourth-order valence-electron chi connectivity index (χ4n) is 1.77. The van der Waals surface area contributed by atoms with Gasteiger partial charge in [-0.15, -0.1) is 0 Å². The van der Waals surface area contributed by atoms with E-state index in [0.29, 0.717) is 0 Å². The number of hydrogen-bond donors (Lipinski definition) is 4. The summed E-state index contributed by atoms with van der Waals surface area (Å²) in [6.07, 6.45) is -3.78. The highest BCUT2D eigenvalue weighted by Gasteiger charge is 2.41. The van der Waals surface area contributed by atoms with Gasteiger partial charge in [0.25, 0.3) is 0 Å². The van der Waals surface area contributed by atoms with Gasteiger partial charge in [-0.25, -0.2) is 14.5 Å². The quantitative estimate of drug-likeness (QED) is 0.311. The Bertz CT molecular complexity index is 298. The molecule has 0 aromatic rings. The molecule has 0 aromatic carbocycles. The van der Waals surface area contributed by atoms with Crippen LogP contribution in [-0.2, 0) is 19.1 Å². The topological polar surface area (TPSA) is 141 Å². The van der Waals surface area contributed by atoms with Gasteiger partial charge in [-0.3, -0.25) is 20.8 Å². The summed E-state index contributed by atoms with van der Waals surface area (Å²) >= 11 is 5.44. The van der Waals surface area contributed by atoms with Gasteiger partial charge in [0.05, 0.1) is 10.8 Å². The van der Waals surface area contributed by atoms with Gasteiger partial charge >= 0.3 is 6.16 Å². The molecule has 0 aliphatic heterocycles. The fourth-order valence-corrected chi connectivity index (χ4v) is 1.85. The van der Waals surface area contributed by atoms with E-state index in [9.17, 15) is 4.79 Å². The highest BCUT2D eigenvalue weighted by molar-refractivity contribution is 6.19. The maximum atomic E-state index is 11.2. The van der Waals surface area contributed by atoms with Crippen molar-refractivity contribution in [2.75, 3.05) is 0 Å². The summed E-state index contributed by atoms with van der Waals surface area (Å²) in [6, 6.07) is 0. The first-order valence-corrected chi connectivity index (χ1v) is 5.92. The molecule has 1 fully saturated rings. The Morgan fingerprint density at radius 3 is 1.95 bits per heavy atom. The first-order valence-electron chi connectivity index (χ1n) is 5.48. The van der Waals surface area contributed by atoms with Crippen molar-refractivity contribution in [1.82, 2.24) is 10.8 Å². The number of carbonyl (C=O) groups is 1. The maximum Gasteiger partial charge on any atom is 0.510 e. The molecule has 0 aromatic heterocycles. The first kappa shape index (κ1) is 17.3. The van der Waals surface area contributed by atoms with E-state index >= 15 is 0 Å². The monoisotopic (exact) mass is 318 g/mol. The number of hydrogen-bond acceptors (Lipinski definition) is 11. The van der Waals surface area contributed by atoms with E-state index in [0.717, 1.165) is 0 Å². The summed E-state index contributed by atoms with van der Waals surface area (Å²) in [5.74, 6) is 0. The van der Waals surface area contributed by atoms with Crippen molar-refractivity contribution in [3.8, 4) is 0 Å². The lowest BCUT2D eigenvalue weighted by Gasteiger charge is -2.20. The predicted molar refractivity (Wildman–Crippen MR) is 56.5 cm³/mol. The van der Waals surface area contributed by atoms with Crippen molar-refractivity contribution in [2.24, 2.45) is 0 Å². The minimum Gasteiger partial charge on any atom is -0.431 e. The summed E-state index contributed by atoms with van der Waals surface area (Å²) in [5.41, 5.74) is -0.876. The first-order chi connectivity index (χ1) is 9.27. The Labute approximate surface area is 118 Å². The standard InChI is InChI=1S/C8H15ClN2O9/c1-4(9)17-8(12)18-5-2-6(19-10(13)14)7(3-5)20-11(15)16/h4-7,13-16H,2-3H2,1H3/t4?,5-,6+,7-. The third-order valence-electron chi connectivity index (χ3n) is 2.39. The molecule has 0 radical (unpaired) electrons. The van der Waals surface area contributed by atoms with Crippen LogP contribution in [0.3, 0.4) is 0 Å². The van der Waals surface area contributed by atoms with Crippen LogP contribution in [0.5, 0.6) is 0 Å². The van der Waals surface area contributed by atoms with E-state index in [-0.39, 0.29) is 12.8 Å². The molecule has 1 aliphatic carbocycles. The van der Waals surface area contributed by atoms with Crippen LogP contribution in [0.25, 0.3) is 0 Å². The molecule has 0 bridgehead atoms. The Kier molecular flexibility index (Phi) is 6.81. The smallest absolute Gasteiger partial charge is 0.431 e. The van der Waals surface area contributed by atoms with Crippen LogP contribution >= 0.6 is 11.6 Å². The molecule has 4 atom stereocenters. The van der Waals surface area contributed by atoms with Crippen molar-refractivity contribution < 1.29 is 44.8 Å². The van der Waals surface area contributed by atoms with Crippen molar-refractivity contribution >= 4 is 17.8 Å². The van der Waals surface area contributed by atoms with Gasteiger partial charge in [0, 0.05) is 12.8 Å². The molecule has 11 nitrogen and oxygen atoms in total. The molecule has 4 N–H and O–H groups in total. The molecule has 0 spiro atoms. The molecule has 1 aliphatic rings. The average Bonchev–Trinajstić information content (AvgIpc) is 2.56. The van der Waals surface area contributed by atoms with E-state index in [1.54, 1.807) is 0 Å². The zero-order valence-corrected chi connectivity index (χ0v) is 11.1. The van der Waals surface area contributed by atoms with Crippen LogP contribution in [0.4, 0.5) is 4.79 Å². The van der Waals surface area contributed by atoms with Gasteiger partial charge in [-0.2, -0.15) is 0 Å². The van der Waals surface area contributed by atoms with Crippen LogP contribution in [0.15, 0.2) is 0 Å². The minimum atomic E-state index is -1.02. The van der Waals surface area contributed by atoms with Crippen molar-refractivity contribution in [3.05, 3.63) is 0 Å². The Morgan fingerprint density at radius 2 is 1.60 bits per heavy atom. The molecular weight excluding hydrogens is 304 g/mol. The lowest BCUT2D eigenvalue weighted by Crippen LogP contribution is -2.35. The van der Waals surface area contributed by atoms with E-state index in [4.69, 9.17) is 37.2 Å². The number of ether oxygens (including phenoxy) is 2. The second-order valence-corrected chi connectivity index (χ2v) is 4.53. The molecule has 118 valence electrons. The molecule has 1 rings (SSSR count). The Balaban J connectivity index is 2.53. The summed E-state index contributed by atoms with van der Waals surface area (Å²) < 4.78 is 9.43. The number of nitrogens with zero attached hydrogens (tertiary/aromatic N) is 2. The van der Waals surface area contributed by atoms with E-state index in [2.05, 4.69) is 14.4 Å². The van der Waals surface area contributed by atoms with Gasteiger partial charge in [0.2, 0.25) is 0 Å². The van der Waals surface area contributed by atoms with Crippen LogP contribution in [0.2, 0.25) is 0 Å². The van der Waals surface area contributed by atoms with Crippen LogP contribution < -0.4 is 0 Å². The van der Waals surface area contributed by atoms with Gasteiger partial charge in [-0.05, 0) is 6.92 Å². The fraction of sp³-hybridized carbons (Fsp3) is 0.875. The van der Waals surface area contributed by atoms with Crippen LogP contribution in [-0.4, -0.2) is 61.6 Å². The molecule has 1 saturated carbocycles. The zero-order valence-electron chi connectivity index (χ0n) is 10.3. The molecule has 0 amide bonds. The summed E-state index contributed by atoms with van der Waals surface area (Å²) in [7, 11) is 0. The molecule has 0 heterocycles. The Morgan fingerprint density at radius 1 is 1.15 bits per heavy atom. The van der Waals surface area contributed by atoms with Gasteiger partial charge in [0.1, 0.15) is 18.3 Å². The SMILES string of the molecule is CC(Cl)OC(=O)O[C@@H]1C[C@H](ON(O)O)[C@H](ON(O)O)C1. The zero-order chi connectivity index (χ0) is 15.3. The lowest BCUT2D eigenvalue weighted by atomic mass is 10.3. The summed E-state index contributed by atoms with van der Waals surface area (Å²) in [4.78, 5) is 20.3. The van der Waals surface area contributed by atoms with Crippen LogP contribution in [0, 0.1) is 0 Å². The largest absolute Gasteiger partial charge is 0.510 e. The summed E-state index contributed by atoms with van der Waals surface area (Å²) in [6.45, 7) is 1.42. The molecule has 0 saturated heterocycles. The minimum absolute atomic E-state index is 0.00188.